The summed E-state index contributed by atoms with van der Waals surface area (Å²) in [4.78, 5) is 17.0. The molecule has 30 heavy (non-hydrogen) atoms. The van der Waals surface area contributed by atoms with Gasteiger partial charge in [0.2, 0.25) is 0 Å². The van der Waals surface area contributed by atoms with Gasteiger partial charge in [-0.3, -0.25) is 9.36 Å². The Kier molecular flexibility index (Phi) is 5.44. The van der Waals surface area contributed by atoms with Crippen LogP contribution in [0.3, 0.4) is 0 Å². The van der Waals surface area contributed by atoms with Crippen molar-refractivity contribution < 1.29 is 19.0 Å². The first-order valence-corrected chi connectivity index (χ1v) is 9.19. The van der Waals surface area contributed by atoms with Crippen LogP contribution in [0.25, 0.3) is 16.7 Å². The van der Waals surface area contributed by atoms with Crippen LogP contribution < -0.4 is 15.0 Å². The maximum atomic E-state index is 13.1. The molecule has 9 heteroatoms. The first-order valence-electron chi connectivity index (χ1n) is 9.19. The maximum absolute atomic E-state index is 13.1. The van der Waals surface area contributed by atoms with Crippen LogP contribution in [0.15, 0.2) is 65.8 Å². The van der Waals surface area contributed by atoms with Gasteiger partial charge in [0.25, 0.3) is 5.56 Å². The Balaban J connectivity index is 1.48. The van der Waals surface area contributed by atoms with Gasteiger partial charge in [0, 0.05) is 0 Å². The minimum absolute atomic E-state index is 0.00560. The average molecular weight is 410 g/mol. The highest BCUT2D eigenvalue weighted by Crippen LogP contribution is 2.17. The molecule has 0 saturated carbocycles. The zero-order valence-electron chi connectivity index (χ0n) is 16.1. The molecule has 0 fully saturated rings. The zero-order valence-corrected chi connectivity index (χ0v) is 16.1. The number of benzene rings is 2. The van der Waals surface area contributed by atoms with Crippen molar-refractivity contribution in [2.24, 2.45) is 0 Å². The standard InChI is InChI=1S/C21H19FN4O4/c1-29-17-6-8-18(9-7-17)30-12-16(27)11-25-13-23-20-19(21(25)28)10-24-26(20)15-4-2-14(22)3-5-15/h2-10,13,16,27H,11-12H2,1H3/t16-/m0/s1. The van der Waals surface area contributed by atoms with Crippen molar-refractivity contribution in [3.05, 3.63) is 77.2 Å². The maximum Gasteiger partial charge on any atom is 0.264 e. The quantitative estimate of drug-likeness (QED) is 0.502. The van der Waals surface area contributed by atoms with Gasteiger partial charge in [0.1, 0.15) is 41.7 Å². The number of ether oxygens (including phenoxy) is 2. The summed E-state index contributed by atoms with van der Waals surface area (Å²) in [6.45, 7) is 0.0192. The third kappa shape index (κ3) is 4.01. The third-order valence-corrected chi connectivity index (χ3v) is 4.53. The van der Waals surface area contributed by atoms with Crippen molar-refractivity contribution in [2.75, 3.05) is 13.7 Å². The molecule has 0 aliphatic rings. The van der Waals surface area contributed by atoms with E-state index < -0.39 is 6.10 Å². The van der Waals surface area contributed by atoms with Gasteiger partial charge in [-0.15, -0.1) is 0 Å². The van der Waals surface area contributed by atoms with Gasteiger partial charge in [0.15, 0.2) is 5.65 Å². The molecule has 1 N–H and O–H groups in total. The van der Waals surface area contributed by atoms with Crippen LogP contribution in [-0.2, 0) is 6.54 Å². The Bertz CT molecular complexity index is 1200. The molecular formula is C21H19FN4O4. The monoisotopic (exact) mass is 410 g/mol. The molecule has 0 unspecified atom stereocenters. The third-order valence-electron chi connectivity index (χ3n) is 4.53. The van der Waals surface area contributed by atoms with E-state index in [1.54, 1.807) is 43.5 Å². The summed E-state index contributed by atoms with van der Waals surface area (Å²) in [5, 5.41) is 14.8. The van der Waals surface area contributed by atoms with Crippen molar-refractivity contribution in [3.8, 4) is 17.2 Å². The summed E-state index contributed by atoms with van der Waals surface area (Å²) in [5.41, 5.74) is 0.604. The molecule has 0 bridgehead atoms. The fourth-order valence-electron chi connectivity index (χ4n) is 2.99. The fourth-order valence-corrected chi connectivity index (χ4v) is 2.99. The van der Waals surface area contributed by atoms with Gasteiger partial charge in [-0.2, -0.15) is 5.10 Å². The lowest BCUT2D eigenvalue weighted by Crippen LogP contribution is -2.30. The summed E-state index contributed by atoms with van der Waals surface area (Å²) < 4.78 is 26.6. The van der Waals surface area contributed by atoms with Crippen LogP contribution in [0, 0.1) is 5.82 Å². The highest BCUT2D eigenvalue weighted by atomic mass is 19.1. The molecule has 0 aliphatic heterocycles. The molecule has 2 heterocycles. The van der Waals surface area contributed by atoms with Gasteiger partial charge < -0.3 is 14.6 Å². The number of rotatable bonds is 7. The number of fused-ring (bicyclic) bond motifs is 1. The number of aliphatic hydroxyl groups is 1. The van der Waals surface area contributed by atoms with E-state index in [-0.39, 0.29) is 24.5 Å². The predicted octanol–water partition coefficient (Wildman–Crippen LogP) is 2.17. The van der Waals surface area contributed by atoms with Gasteiger partial charge >= 0.3 is 0 Å². The molecule has 8 nitrogen and oxygen atoms in total. The van der Waals surface area contributed by atoms with E-state index in [2.05, 4.69) is 10.1 Å². The average Bonchev–Trinajstić information content (AvgIpc) is 3.20. The topological polar surface area (TPSA) is 91.4 Å². The molecule has 0 saturated heterocycles. The van der Waals surface area contributed by atoms with Gasteiger partial charge in [-0.05, 0) is 48.5 Å². The number of methoxy groups -OCH3 is 1. The van der Waals surface area contributed by atoms with Crippen LogP contribution in [-0.4, -0.2) is 44.3 Å². The minimum atomic E-state index is -0.920. The Morgan fingerprint density at radius 3 is 2.50 bits per heavy atom. The molecule has 0 radical (unpaired) electrons. The van der Waals surface area contributed by atoms with E-state index >= 15 is 0 Å². The van der Waals surface area contributed by atoms with Gasteiger partial charge in [-0.1, -0.05) is 0 Å². The van der Waals surface area contributed by atoms with E-state index in [4.69, 9.17) is 9.47 Å². The molecule has 0 aliphatic carbocycles. The zero-order chi connectivity index (χ0) is 21.1. The second-order valence-electron chi connectivity index (χ2n) is 6.61. The largest absolute Gasteiger partial charge is 0.497 e. The summed E-state index contributed by atoms with van der Waals surface area (Å²) >= 11 is 0. The first kappa shape index (κ1) is 19.6. The Labute approximate surface area is 170 Å². The van der Waals surface area contributed by atoms with Crippen LogP contribution in [0.2, 0.25) is 0 Å². The second-order valence-corrected chi connectivity index (χ2v) is 6.61. The van der Waals surface area contributed by atoms with Crippen LogP contribution >= 0.6 is 0 Å². The normalized spacial score (nSPS) is 12.1. The highest BCUT2D eigenvalue weighted by Gasteiger charge is 2.14. The van der Waals surface area contributed by atoms with E-state index in [9.17, 15) is 14.3 Å². The number of hydrogen-bond acceptors (Lipinski definition) is 6. The van der Waals surface area contributed by atoms with E-state index in [1.165, 1.54) is 33.9 Å². The number of nitrogens with zero attached hydrogens (tertiary/aromatic N) is 4. The summed E-state index contributed by atoms with van der Waals surface area (Å²) in [6.07, 6.45) is 1.84. The van der Waals surface area contributed by atoms with E-state index in [1.807, 2.05) is 0 Å². The summed E-state index contributed by atoms with van der Waals surface area (Å²) in [7, 11) is 1.57. The number of hydrogen-bond donors (Lipinski definition) is 1. The molecule has 4 aromatic rings. The van der Waals surface area contributed by atoms with Crippen molar-refractivity contribution >= 4 is 11.0 Å². The fraction of sp³-hybridized carbons (Fsp3) is 0.190. The van der Waals surface area contributed by atoms with Crippen molar-refractivity contribution in [1.29, 1.82) is 0 Å². The lowest BCUT2D eigenvalue weighted by molar-refractivity contribution is 0.0914. The highest BCUT2D eigenvalue weighted by molar-refractivity contribution is 5.74. The molecule has 0 spiro atoms. The first-order chi connectivity index (χ1) is 14.5. The Morgan fingerprint density at radius 2 is 1.80 bits per heavy atom. The molecule has 154 valence electrons. The van der Waals surface area contributed by atoms with Crippen LogP contribution in [0.5, 0.6) is 11.5 Å². The number of aliphatic hydroxyl groups excluding tert-OH is 1. The molecule has 1 atom stereocenters. The van der Waals surface area contributed by atoms with Crippen molar-refractivity contribution in [2.45, 2.75) is 12.6 Å². The summed E-state index contributed by atoms with van der Waals surface area (Å²) in [6, 6.07) is 12.7. The second kappa shape index (κ2) is 8.34. The molecule has 0 amide bonds. The lowest BCUT2D eigenvalue weighted by atomic mass is 10.3. The smallest absolute Gasteiger partial charge is 0.264 e. The van der Waals surface area contributed by atoms with Crippen LogP contribution in [0.4, 0.5) is 4.39 Å². The predicted molar refractivity (Wildman–Crippen MR) is 108 cm³/mol. The summed E-state index contributed by atoms with van der Waals surface area (Å²) in [5.74, 6) is 0.919. The number of aromatic nitrogens is 4. The van der Waals surface area contributed by atoms with Crippen molar-refractivity contribution in [1.82, 2.24) is 19.3 Å². The Hall–Kier alpha value is -3.72. The van der Waals surface area contributed by atoms with Gasteiger partial charge in [0.05, 0.1) is 25.5 Å². The minimum Gasteiger partial charge on any atom is -0.497 e. The lowest BCUT2D eigenvalue weighted by Gasteiger charge is -2.14. The van der Waals surface area contributed by atoms with E-state index in [0.717, 1.165) is 0 Å². The van der Waals surface area contributed by atoms with Crippen molar-refractivity contribution in [3.63, 3.8) is 0 Å². The Morgan fingerprint density at radius 1 is 1.10 bits per heavy atom. The molecule has 4 rings (SSSR count). The SMILES string of the molecule is COc1ccc(OC[C@@H](O)Cn2cnc3c(cnn3-c3ccc(F)cc3)c2=O)cc1. The van der Waals surface area contributed by atoms with Crippen LogP contribution in [0.1, 0.15) is 0 Å². The molecule has 2 aromatic carbocycles. The van der Waals surface area contributed by atoms with Gasteiger partial charge in [-0.25, -0.2) is 14.1 Å². The van der Waals surface area contributed by atoms with E-state index in [0.29, 0.717) is 28.2 Å². The molecule has 2 aromatic heterocycles. The number of halogens is 1. The molecular weight excluding hydrogens is 391 g/mol.